The molecule has 0 bridgehead atoms. The van der Waals surface area contributed by atoms with Crippen LogP contribution in [0.3, 0.4) is 0 Å². The van der Waals surface area contributed by atoms with E-state index >= 15 is 0 Å². The Morgan fingerprint density at radius 2 is 2.06 bits per heavy atom. The number of nitrogens with two attached hydrogens (primary N) is 1. The van der Waals surface area contributed by atoms with Crippen molar-refractivity contribution in [1.29, 1.82) is 0 Å². The van der Waals surface area contributed by atoms with Crippen LogP contribution in [0.1, 0.15) is 5.56 Å². The SMILES string of the molecule is Cc1cccc(Nc2ncccc2N)c1Br. The number of nitrogen functional groups attached to an aromatic ring is 1. The van der Waals surface area contributed by atoms with E-state index in [4.69, 9.17) is 5.73 Å². The number of nitrogens with zero attached hydrogens (tertiary/aromatic N) is 1. The van der Waals surface area contributed by atoms with Crippen LogP contribution in [0.5, 0.6) is 0 Å². The predicted octanol–water partition coefficient (Wildman–Crippen LogP) is 3.48. The van der Waals surface area contributed by atoms with E-state index in [1.807, 2.05) is 37.3 Å². The Bertz CT molecular complexity index is 511. The Kier molecular flexibility index (Phi) is 3.10. The lowest BCUT2D eigenvalue weighted by Crippen LogP contribution is -1.99. The van der Waals surface area contributed by atoms with Crippen molar-refractivity contribution in [3.05, 3.63) is 46.6 Å². The lowest BCUT2D eigenvalue weighted by atomic mass is 10.2. The van der Waals surface area contributed by atoms with E-state index in [0.29, 0.717) is 11.5 Å². The van der Waals surface area contributed by atoms with E-state index in [0.717, 1.165) is 10.2 Å². The molecule has 16 heavy (non-hydrogen) atoms. The summed E-state index contributed by atoms with van der Waals surface area (Å²) >= 11 is 3.53. The van der Waals surface area contributed by atoms with E-state index in [1.165, 1.54) is 5.56 Å². The minimum absolute atomic E-state index is 0.635. The number of halogens is 1. The molecule has 0 radical (unpaired) electrons. The van der Waals surface area contributed by atoms with Gasteiger partial charge in [-0.3, -0.25) is 0 Å². The molecule has 0 aliphatic carbocycles. The molecular formula is C12H12BrN3. The first-order valence-corrected chi connectivity index (χ1v) is 5.70. The summed E-state index contributed by atoms with van der Waals surface area (Å²) in [4.78, 5) is 4.19. The lowest BCUT2D eigenvalue weighted by molar-refractivity contribution is 1.30. The molecular weight excluding hydrogens is 266 g/mol. The van der Waals surface area contributed by atoms with Crippen LogP contribution in [0.2, 0.25) is 0 Å². The van der Waals surface area contributed by atoms with Gasteiger partial charge in [0.1, 0.15) is 0 Å². The molecule has 2 rings (SSSR count). The molecule has 4 heteroatoms. The van der Waals surface area contributed by atoms with Crippen LogP contribution < -0.4 is 11.1 Å². The highest BCUT2D eigenvalue weighted by Gasteiger charge is 2.04. The van der Waals surface area contributed by atoms with Gasteiger partial charge in [-0.15, -0.1) is 0 Å². The van der Waals surface area contributed by atoms with Crippen molar-refractivity contribution >= 4 is 33.1 Å². The van der Waals surface area contributed by atoms with Gasteiger partial charge in [0.05, 0.1) is 11.4 Å². The zero-order valence-corrected chi connectivity index (χ0v) is 10.5. The molecule has 0 amide bonds. The molecule has 2 aromatic rings. The Hall–Kier alpha value is -1.55. The Morgan fingerprint density at radius 1 is 1.25 bits per heavy atom. The summed E-state index contributed by atoms with van der Waals surface area (Å²) in [5, 5.41) is 3.20. The van der Waals surface area contributed by atoms with Gasteiger partial charge >= 0.3 is 0 Å². The van der Waals surface area contributed by atoms with Crippen molar-refractivity contribution in [3.8, 4) is 0 Å². The minimum Gasteiger partial charge on any atom is -0.396 e. The zero-order chi connectivity index (χ0) is 11.5. The van der Waals surface area contributed by atoms with Gasteiger partial charge in [0.15, 0.2) is 5.82 Å². The number of aryl methyl sites for hydroxylation is 1. The van der Waals surface area contributed by atoms with E-state index in [1.54, 1.807) is 6.20 Å². The maximum Gasteiger partial charge on any atom is 0.153 e. The standard InChI is InChI=1S/C12H12BrN3/c1-8-4-2-6-10(11(8)13)16-12-9(14)5-3-7-15-12/h2-7H,14H2,1H3,(H,15,16). The quantitative estimate of drug-likeness (QED) is 0.884. The molecule has 3 N–H and O–H groups in total. The molecule has 0 saturated carbocycles. The van der Waals surface area contributed by atoms with E-state index in [2.05, 4.69) is 26.2 Å². The molecule has 0 aliphatic rings. The maximum atomic E-state index is 5.82. The van der Waals surface area contributed by atoms with E-state index in [-0.39, 0.29) is 0 Å². The summed E-state index contributed by atoms with van der Waals surface area (Å²) < 4.78 is 1.03. The van der Waals surface area contributed by atoms with Crippen molar-refractivity contribution in [2.24, 2.45) is 0 Å². The summed E-state index contributed by atoms with van der Waals surface area (Å²) in [6, 6.07) is 9.63. The van der Waals surface area contributed by atoms with Crippen molar-refractivity contribution in [1.82, 2.24) is 4.98 Å². The number of hydrogen-bond acceptors (Lipinski definition) is 3. The number of rotatable bonds is 2. The Morgan fingerprint density at radius 3 is 2.81 bits per heavy atom. The van der Waals surface area contributed by atoms with Crippen molar-refractivity contribution in [2.45, 2.75) is 6.92 Å². The van der Waals surface area contributed by atoms with Gasteiger partial charge in [0.25, 0.3) is 0 Å². The highest BCUT2D eigenvalue weighted by Crippen LogP contribution is 2.29. The fraction of sp³-hybridized carbons (Fsp3) is 0.0833. The van der Waals surface area contributed by atoms with Crippen molar-refractivity contribution in [2.75, 3.05) is 11.1 Å². The van der Waals surface area contributed by atoms with Crippen LogP contribution in [0.4, 0.5) is 17.2 Å². The van der Waals surface area contributed by atoms with Crippen molar-refractivity contribution in [3.63, 3.8) is 0 Å². The second kappa shape index (κ2) is 4.53. The number of anilines is 3. The lowest BCUT2D eigenvalue weighted by Gasteiger charge is -2.10. The second-order valence-electron chi connectivity index (χ2n) is 3.50. The second-order valence-corrected chi connectivity index (χ2v) is 4.30. The number of aromatic nitrogens is 1. The highest BCUT2D eigenvalue weighted by molar-refractivity contribution is 9.10. The zero-order valence-electron chi connectivity index (χ0n) is 8.87. The van der Waals surface area contributed by atoms with Crippen LogP contribution >= 0.6 is 15.9 Å². The first kappa shape index (κ1) is 11.0. The molecule has 0 atom stereocenters. The summed E-state index contributed by atoms with van der Waals surface area (Å²) in [5.74, 6) is 0.675. The molecule has 0 spiro atoms. The first-order valence-electron chi connectivity index (χ1n) is 4.91. The Balaban J connectivity index is 2.35. The molecule has 1 heterocycles. The van der Waals surface area contributed by atoms with E-state index in [9.17, 15) is 0 Å². The summed E-state index contributed by atoms with van der Waals surface area (Å²) in [6.45, 7) is 2.04. The van der Waals surface area contributed by atoms with E-state index < -0.39 is 0 Å². The van der Waals surface area contributed by atoms with Gasteiger partial charge in [-0.25, -0.2) is 4.98 Å². The largest absolute Gasteiger partial charge is 0.396 e. The number of nitrogens with one attached hydrogen (secondary N) is 1. The monoisotopic (exact) mass is 277 g/mol. The average Bonchev–Trinajstić information content (AvgIpc) is 2.28. The molecule has 82 valence electrons. The number of hydrogen-bond donors (Lipinski definition) is 2. The third-order valence-corrected chi connectivity index (χ3v) is 3.34. The minimum atomic E-state index is 0.635. The predicted molar refractivity (Wildman–Crippen MR) is 70.8 cm³/mol. The van der Waals surface area contributed by atoms with Crippen LogP contribution in [0.15, 0.2) is 41.0 Å². The fourth-order valence-corrected chi connectivity index (χ4v) is 1.76. The van der Waals surface area contributed by atoms with Gasteiger partial charge in [-0.2, -0.15) is 0 Å². The van der Waals surface area contributed by atoms with Gasteiger partial charge in [-0.1, -0.05) is 12.1 Å². The summed E-state index contributed by atoms with van der Waals surface area (Å²) in [7, 11) is 0. The maximum absolute atomic E-state index is 5.82. The molecule has 1 aromatic carbocycles. The average molecular weight is 278 g/mol. The normalized spacial score (nSPS) is 10.1. The molecule has 3 nitrogen and oxygen atoms in total. The van der Waals surface area contributed by atoms with Crippen molar-refractivity contribution < 1.29 is 0 Å². The topological polar surface area (TPSA) is 50.9 Å². The molecule has 0 unspecified atom stereocenters. The fourth-order valence-electron chi connectivity index (χ4n) is 1.39. The van der Waals surface area contributed by atoms with Gasteiger partial charge in [-0.05, 0) is 46.6 Å². The Labute approximate surface area is 103 Å². The van der Waals surface area contributed by atoms with Crippen LogP contribution in [-0.2, 0) is 0 Å². The van der Waals surface area contributed by atoms with Crippen LogP contribution in [0, 0.1) is 6.92 Å². The first-order chi connectivity index (χ1) is 7.68. The summed E-state index contributed by atoms with van der Waals surface area (Å²) in [6.07, 6.45) is 1.71. The number of pyridine rings is 1. The molecule has 0 saturated heterocycles. The smallest absolute Gasteiger partial charge is 0.153 e. The molecule has 0 aliphatic heterocycles. The number of benzene rings is 1. The summed E-state index contributed by atoms with van der Waals surface area (Å²) in [5.41, 5.74) is 8.58. The van der Waals surface area contributed by atoms with Crippen LogP contribution in [-0.4, -0.2) is 4.98 Å². The molecule has 0 fully saturated rings. The third kappa shape index (κ3) is 2.17. The van der Waals surface area contributed by atoms with Gasteiger partial charge in [0.2, 0.25) is 0 Å². The molecule has 1 aromatic heterocycles. The highest BCUT2D eigenvalue weighted by atomic mass is 79.9. The third-order valence-electron chi connectivity index (χ3n) is 2.28. The van der Waals surface area contributed by atoms with Gasteiger partial charge < -0.3 is 11.1 Å². The van der Waals surface area contributed by atoms with Gasteiger partial charge in [0, 0.05) is 10.7 Å². The van der Waals surface area contributed by atoms with Crippen LogP contribution in [0.25, 0.3) is 0 Å².